The predicted octanol–water partition coefficient (Wildman–Crippen LogP) is 3.18. The van der Waals surface area contributed by atoms with Crippen LogP contribution in [0.4, 0.5) is 10.6 Å². The molecule has 0 radical (unpaired) electrons. The maximum atomic E-state index is 12.0. The van der Waals surface area contributed by atoms with E-state index < -0.39 is 17.9 Å². The summed E-state index contributed by atoms with van der Waals surface area (Å²) in [5, 5.41) is 15.7. The smallest absolute Gasteiger partial charge is 0.322 e. The molecule has 0 saturated carbocycles. The molecule has 0 fully saturated rings. The predicted molar refractivity (Wildman–Crippen MR) is 85.4 cm³/mol. The zero-order valence-electron chi connectivity index (χ0n) is 12.6. The highest BCUT2D eigenvalue weighted by Crippen LogP contribution is 2.25. The van der Waals surface area contributed by atoms with Gasteiger partial charge in [0.05, 0.1) is 5.92 Å². The van der Waals surface area contributed by atoms with Crippen molar-refractivity contribution in [3.8, 4) is 11.3 Å². The first-order valence-electron chi connectivity index (χ1n) is 6.84. The first-order chi connectivity index (χ1) is 10.9. The number of halogens is 1. The van der Waals surface area contributed by atoms with Crippen LogP contribution >= 0.6 is 11.6 Å². The van der Waals surface area contributed by atoms with Crippen LogP contribution < -0.4 is 5.32 Å². The molecule has 1 aromatic carbocycles. The van der Waals surface area contributed by atoms with E-state index >= 15 is 0 Å². The highest BCUT2D eigenvalue weighted by Gasteiger charge is 2.18. The summed E-state index contributed by atoms with van der Waals surface area (Å²) in [5.74, 6) is -0.927. The third-order valence-electron chi connectivity index (χ3n) is 3.17. The number of hydrogen-bond acceptors (Lipinski definition) is 4. The molecule has 2 amide bonds. The summed E-state index contributed by atoms with van der Waals surface area (Å²) in [6.07, 6.45) is 0. The Morgan fingerprint density at radius 2 is 2.17 bits per heavy atom. The number of amides is 2. The highest BCUT2D eigenvalue weighted by atomic mass is 35.5. The Morgan fingerprint density at radius 3 is 2.83 bits per heavy atom. The van der Waals surface area contributed by atoms with Gasteiger partial charge in [0.25, 0.3) is 0 Å². The molecule has 0 aliphatic rings. The average Bonchev–Trinajstić information content (AvgIpc) is 2.95. The summed E-state index contributed by atoms with van der Waals surface area (Å²) in [4.78, 5) is 24.1. The second-order valence-corrected chi connectivity index (χ2v) is 5.57. The van der Waals surface area contributed by atoms with Gasteiger partial charge in [0, 0.05) is 30.2 Å². The topological polar surface area (TPSA) is 95.7 Å². The quantitative estimate of drug-likeness (QED) is 0.873. The van der Waals surface area contributed by atoms with Crippen LogP contribution in [-0.2, 0) is 4.79 Å². The molecule has 122 valence electrons. The monoisotopic (exact) mass is 337 g/mol. The third kappa shape index (κ3) is 4.46. The van der Waals surface area contributed by atoms with E-state index in [1.165, 1.54) is 18.9 Å². The number of nitrogens with zero attached hydrogens (tertiary/aromatic N) is 2. The van der Waals surface area contributed by atoms with Gasteiger partial charge in [-0.25, -0.2) is 4.79 Å². The molecule has 1 heterocycles. The SMILES string of the molecule is CC(CN(C)C(=O)Nc1cc(-c2cccc(Cl)c2)on1)C(=O)O. The van der Waals surface area contributed by atoms with Gasteiger partial charge in [-0.1, -0.05) is 35.8 Å². The largest absolute Gasteiger partial charge is 0.481 e. The Balaban J connectivity index is 2.01. The number of anilines is 1. The molecule has 1 unspecified atom stereocenters. The van der Waals surface area contributed by atoms with Crippen molar-refractivity contribution in [1.29, 1.82) is 0 Å². The number of benzene rings is 1. The number of carboxylic acids is 1. The van der Waals surface area contributed by atoms with E-state index in [2.05, 4.69) is 10.5 Å². The molecule has 0 aliphatic heterocycles. The Morgan fingerprint density at radius 1 is 1.43 bits per heavy atom. The first kappa shape index (κ1) is 16.8. The van der Waals surface area contributed by atoms with Crippen LogP contribution in [0, 0.1) is 5.92 Å². The van der Waals surface area contributed by atoms with Gasteiger partial charge in [-0.3, -0.25) is 10.1 Å². The van der Waals surface area contributed by atoms with Crippen molar-refractivity contribution in [2.75, 3.05) is 18.9 Å². The van der Waals surface area contributed by atoms with Gasteiger partial charge in [0.2, 0.25) is 0 Å². The van der Waals surface area contributed by atoms with E-state index in [-0.39, 0.29) is 12.4 Å². The molecule has 0 spiro atoms. The minimum atomic E-state index is -0.964. The minimum absolute atomic E-state index is 0.0835. The lowest BCUT2D eigenvalue weighted by Gasteiger charge is -2.18. The molecule has 1 aromatic heterocycles. The third-order valence-corrected chi connectivity index (χ3v) is 3.41. The van der Waals surface area contributed by atoms with Gasteiger partial charge in [-0.05, 0) is 12.1 Å². The fourth-order valence-electron chi connectivity index (χ4n) is 1.89. The molecule has 7 nitrogen and oxygen atoms in total. The van der Waals surface area contributed by atoms with Crippen molar-refractivity contribution in [2.24, 2.45) is 5.92 Å². The van der Waals surface area contributed by atoms with E-state index in [1.807, 2.05) is 0 Å². The Kier molecular flexibility index (Phi) is 5.23. The van der Waals surface area contributed by atoms with Crippen LogP contribution in [0.1, 0.15) is 6.92 Å². The van der Waals surface area contributed by atoms with Crippen LogP contribution in [0.3, 0.4) is 0 Å². The standard InChI is InChI=1S/C15H16ClN3O4/c1-9(14(20)21)8-19(2)15(22)17-13-7-12(23-18-13)10-4-3-5-11(16)6-10/h3-7,9H,8H2,1-2H3,(H,20,21)(H,17,18,22). The lowest BCUT2D eigenvalue weighted by Crippen LogP contribution is -2.36. The molecule has 23 heavy (non-hydrogen) atoms. The van der Waals surface area contributed by atoms with E-state index in [4.69, 9.17) is 21.2 Å². The normalized spacial score (nSPS) is 11.8. The highest BCUT2D eigenvalue weighted by molar-refractivity contribution is 6.30. The van der Waals surface area contributed by atoms with Gasteiger partial charge in [0.15, 0.2) is 11.6 Å². The number of hydrogen-bond donors (Lipinski definition) is 2. The zero-order valence-corrected chi connectivity index (χ0v) is 13.4. The number of rotatable bonds is 5. The summed E-state index contributed by atoms with van der Waals surface area (Å²) in [6.45, 7) is 1.61. The van der Waals surface area contributed by atoms with Crippen molar-refractivity contribution in [3.05, 3.63) is 35.4 Å². The van der Waals surface area contributed by atoms with Crippen molar-refractivity contribution in [2.45, 2.75) is 6.92 Å². The summed E-state index contributed by atoms with van der Waals surface area (Å²) in [7, 11) is 1.51. The lowest BCUT2D eigenvalue weighted by molar-refractivity contribution is -0.141. The van der Waals surface area contributed by atoms with Crippen LogP contribution in [0.15, 0.2) is 34.9 Å². The van der Waals surface area contributed by atoms with Crippen molar-refractivity contribution >= 4 is 29.4 Å². The maximum Gasteiger partial charge on any atom is 0.322 e. The van der Waals surface area contributed by atoms with Gasteiger partial charge in [0.1, 0.15) is 0 Å². The van der Waals surface area contributed by atoms with Crippen LogP contribution in [0.5, 0.6) is 0 Å². The van der Waals surface area contributed by atoms with Crippen molar-refractivity contribution < 1.29 is 19.2 Å². The zero-order chi connectivity index (χ0) is 17.0. The molecule has 1 atom stereocenters. The molecule has 2 aromatic rings. The number of carbonyl (C=O) groups excluding carboxylic acids is 1. The molecule has 0 bridgehead atoms. The number of aliphatic carboxylic acids is 1. The van der Waals surface area contributed by atoms with Gasteiger partial charge in [-0.2, -0.15) is 0 Å². The summed E-state index contributed by atoms with van der Waals surface area (Å²) >= 11 is 5.91. The molecular formula is C15H16ClN3O4. The van der Waals surface area contributed by atoms with Gasteiger partial charge >= 0.3 is 12.0 Å². The second kappa shape index (κ2) is 7.15. The fraction of sp³-hybridized carbons (Fsp3) is 0.267. The Hall–Kier alpha value is -2.54. The number of urea groups is 1. The average molecular weight is 338 g/mol. The molecular weight excluding hydrogens is 322 g/mol. The van der Waals surface area contributed by atoms with Crippen LogP contribution in [-0.4, -0.2) is 40.8 Å². The van der Waals surface area contributed by atoms with Gasteiger partial charge < -0.3 is 14.5 Å². The summed E-state index contributed by atoms with van der Waals surface area (Å²) < 4.78 is 5.17. The van der Waals surface area contributed by atoms with Crippen LogP contribution in [0.2, 0.25) is 5.02 Å². The summed E-state index contributed by atoms with van der Waals surface area (Å²) in [6, 6.07) is 8.14. The van der Waals surface area contributed by atoms with Crippen molar-refractivity contribution in [3.63, 3.8) is 0 Å². The van der Waals surface area contributed by atoms with Gasteiger partial charge in [-0.15, -0.1) is 0 Å². The fourth-order valence-corrected chi connectivity index (χ4v) is 2.08. The summed E-state index contributed by atoms with van der Waals surface area (Å²) in [5.41, 5.74) is 0.735. The van der Waals surface area contributed by atoms with Crippen LogP contribution in [0.25, 0.3) is 11.3 Å². The molecule has 0 saturated heterocycles. The lowest BCUT2D eigenvalue weighted by atomic mass is 10.2. The molecule has 2 N–H and O–H groups in total. The Bertz CT molecular complexity index is 716. The maximum absolute atomic E-state index is 12.0. The first-order valence-corrected chi connectivity index (χ1v) is 7.22. The molecule has 2 rings (SSSR count). The van der Waals surface area contributed by atoms with E-state index in [1.54, 1.807) is 30.3 Å². The number of carbonyl (C=O) groups is 2. The second-order valence-electron chi connectivity index (χ2n) is 5.14. The minimum Gasteiger partial charge on any atom is -0.481 e. The molecule has 8 heteroatoms. The number of carboxylic acid groups (broad SMARTS) is 1. The molecule has 0 aliphatic carbocycles. The van der Waals surface area contributed by atoms with E-state index in [0.717, 1.165) is 5.56 Å². The van der Waals surface area contributed by atoms with E-state index in [0.29, 0.717) is 10.8 Å². The number of aromatic nitrogens is 1. The van der Waals surface area contributed by atoms with E-state index in [9.17, 15) is 9.59 Å². The number of nitrogens with one attached hydrogen (secondary N) is 1. The Labute approximate surface area is 137 Å². The van der Waals surface area contributed by atoms with Crippen molar-refractivity contribution in [1.82, 2.24) is 10.1 Å².